The molecule has 1 fully saturated rings. The van der Waals surface area contributed by atoms with E-state index < -0.39 is 0 Å². The zero-order valence-electron chi connectivity index (χ0n) is 15.0. The van der Waals surface area contributed by atoms with Gasteiger partial charge in [-0.3, -0.25) is 9.78 Å². The highest BCUT2D eigenvalue weighted by molar-refractivity contribution is 6.00. The largest absolute Gasteiger partial charge is 0.376 e. The summed E-state index contributed by atoms with van der Waals surface area (Å²) in [5.74, 6) is -0.0221. The highest BCUT2D eigenvalue weighted by Gasteiger charge is 2.24. The molecule has 1 saturated heterocycles. The van der Waals surface area contributed by atoms with E-state index in [1.54, 1.807) is 23.4 Å². The van der Waals surface area contributed by atoms with Gasteiger partial charge in [-0.1, -0.05) is 0 Å². The van der Waals surface area contributed by atoms with E-state index in [0.29, 0.717) is 25.2 Å². The number of nitrogens with zero attached hydrogens (tertiary/aromatic N) is 2. The lowest BCUT2D eigenvalue weighted by Crippen LogP contribution is -2.39. The summed E-state index contributed by atoms with van der Waals surface area (Å²) in [5, 5.41) is 5.75. The van der Waals surface area contributed by atoms with Crippen molar-refractivity contribution in [3.05, 3.63) is 53.9 Å². The van der Waals surface area contributed by atoms with Gasteiger partial charge in [0.15, 0.2) is 0 Å². The third-order valence-electron chi connectivity index (χ3n) is 4.84. The average molecular weight is 366 g/mol. The molecule has 0 radical (unpaired) electrons. The summed E-state index contributed by atoms with van der Waals surface area (Å²) in [6.07, 6.45) is 5.85. The van der Waals surface area contributed by atoms with Crippen LogP contribution in [0.15, 0.2) is 42.7 Å². The van der Waals surface area contributed by atoms with E-state index in [-0.39, 0.29) is 18.0 Å². The molecule has 0 aliphatic carbocycles. The summed E-state index contributed by atoms with van der Waals surface area (Å²) in [7, 11) is 0. The minimum atomic E-state index is -0.181. The Hall–Kier alpha value is -2.93. The molecule has 1 atom stereocenters. The zero-order valence-corrected chi connectivity index (χ0v) is 15.0. The number of benzene rings is 1. The van der Waals surface area contributed by atoms with Crippen LogP contribution in [0.4, 0.5) is 16.2 Å². The zero-order chi connectivity index (χ0) is 18.6. The van der Waals surface area contributed by atoms with Crippen LogP contribution in [0.2, 0.25) is 0 Å². The van der Waals surface area contributed by atoms with Crippen LogP contribution >= 0.6 is 0 Å². The van der Waals surface area contributed by atoms with Crippen molar-refractivity contribution in [1.82, 2.24) is 9.88 Å². The molecule has 7 heteroatoms. The van der Waals surface area contributed by atoms with Crippen molar-refractivity contribution in [3.63, 3.8) is 0 Å². The first kappa shape index (κ1) is 17.5. The SMILES string of the molecule is O=C1Cc2cc(NC(=O)N(Cc3ccncc3)C[C@H]3CCCO3)ccc2N1. The number of aromatic nitrogens is 1. The number of amides is 3. The minimum absolute atomic E-state index is 0.0221. The lowest BCUT2D eigenvalue weighted by atomic mass is 10.1. The molecule has 2 aliphatic heterocycles. The van der Waals surface area contributed by atoms with E-state index in [0.717, 1.165) is 36.3 Å². The van der Waals surface area contributed by atoms with Crippen molar-refractivity contribution < 1.29 is 14.3 Å². The molecule has 1 aromatic heterocycles. The Kier molecular flexibility index (Phi) is 5.02. The minimum Gasteiger partial charge on any atom is -0.376 e. The molecule has 3 amide bonds. The van der Waals surface area contributed by atoms with Crippen LogP contribution in [0.3, 0.4) is 0 Å². The number of urea groups is 1. The van der Waals surface area contributed by atoms with Crippen molar-refractivity contribution in [1.29, 1.82) is 0 Å². The molecule has 27 heavy (non-hydrogen) atoms. The fourth-order valence-electron chi connectivity index (χ4n) is 3.47. The Morgan fingerprint density at radius 1 is 1.30 bits per heavy atom. The van der Waals surface area contributed by atoms with Crippen LogP contribution in [0.5, 0.6) is 0 Å². The number of carbonyl (C=O) groups is 2. The van der Waals surface area contributed by atoms with Crippen LogP contribution in [0.1, 0.15) is 24.0 Å². The molecule has 4 rings (SSSR count). The molecule has 0 spiro atoms. The molecular formula is C20H22N4O3. The van der Waals surface area contributed by atoms with Gasteiger partial charge in [0.2, 0.25) is 5.91 Å². The fraction of sp³-hybridized carbons (Fsp3) is 0.350. The van der Waals surface area contributed by atoms with Gasteiger partial charge in [-0.05, 0) is 54.3 Å². The summed E-state index contributed by atoms with van der Waals surface area (Å²) in [5.41, 5.74) is 3.41. The quantitative estimate of drug-likeness (QED) is 0.852. The Bertz CT molecular complexity index is 834. The number of hydrogen-bond donors (Lipinski definition) is 2. The summed E-state index contributed by atoms with van der Waals surface area (Å²) < 4.78 is 5.71. The van der Waals surface area contributed by atoms with Gasteiger partial charge in [0.05, 0.1) is 12.5 Å². The van der Waals surface area contributed by atoms with Gasteiger partial charge in [0, 0.05) is 43.5 Å². The Morgan fingerprint density at radius 2 is 2.15 bits per heavy atom. The van der Waals surface area contributed by atoms with E-state index in [1.807, 2.05) is 24.3 Å². The second-order valence-electron chi connectivity index (χ2n) is 6.90. The van der Waals surface area contributed by atoms with Crippen LogP contribution < -0.4 is 10.6 Å². The van der Waals surface area contributed by atoms with Gasteiger partial charge in [-0.15, -0.1) is 0 Å². The van der Waals surface area contributed by atoms with Gasteiger partial charge in [-0.2, -0.15) is 0 Å². The number of rotatable bonds is 5. The number of nitrogens with one attached hydrogen (secondary N) is 2. The van der Waals surface area contributed by atoms with Gasteiger partial charge in [0.25, 0.3) is 0 Å². The second-order valence-corrected chi connectivity index (χ2v) is 6.90. The highest BCUT2D eigenvalue weighted by Crippen LogP contribution is 2.26. The standard InChI is InChI=1S/C20H22N4O3/c25-19-11-15-10-16(3-4-18(15)23-19)22-20(26)24(13-17-2-1-9-27-17)12-14-5-7-21-8-6-14/h3-8,10,17H,1-2,9,11-13H2,(H,22,26)(H,23,25)/t17-/m1/s1. The highest BCUT2D eigenvalue weighted by atomic mass is 16.5. The Balaban J connectivity index is 1.47. The van der Waals surface area contributed by atoms with Crippen LogP contribution in [-0.4, -0.2) is 41.1 Å². The number of hydrogen-bond acceptors (Lipinski definition) is 4. The maximum absolute atomic E-state index is 12.9. The molecule has 3 heterocycles. The Labute approximate surface area is 157 Å². The molecule has 2 N–H and O–H groups in total. The van der Waals surface area contributed by atoms with Gasteiger partial charge < -0.3 is 20.3 Å². The van der Waals surface area contributed by atoms with Gasteiger partial charge in [-0.25, -0.2) is 4.79 Å². The van der Waals surface area contributed by atoms with E-state index in [9.17, 15) is 9.59 Å². The predicted octanol–water partition coefficient (Wildman–Crippen LogP) is 2.79. The molecule has 0 saturated carbocycles. The van der Waals surface area contributed by atoms with Crippen LogP contribution in [-0.2, 0) is 22.5 Å². The third-order valence-corrected chi connectivity index (χ3v) is 4.84. The van der Waals surface area contributed by atoms with Crippen molar-refractivity contribution in [2.45, 2.75) is 31.9 Å². The van der Waals surface area contributed by atoms with Crippen molar-refractivity contribution in [2.24, 2.45) is 0 Å². The summed E-state index contributed by atoms with van der Waals surface area (Å²) in [4.78, 5) is 30.2. The lowest BCUT2D eigenvalue weighted by Gasteiger charge is -2.26. The third kappa shape index (κ3) is 4.25. The number of carbonyl (C=O) groups excluding carboxylic acids is 2. The summed E-state index contributed by atoms with van der Waals surface area (Å²) in [6.45, 7) is 1.78. The van der Waals surface area contributed by atoms with E-state index in [1.165, 1.54) is 0 Å². The summed E-state index contributed by atoms with van der Waals surface area (Å²) in [6, 6.07) is 9.11. The molecule has 2 aromatic rings. The van der Waals surface area contributed by atoms with Crippen molar-refractivity contribution in [3.8, 4) is 0 Å². The molecule has 7 nitrogen and oxygen atoms in total. The second kappa shape index (κ2) is 7.75. The van der Waals surface area contributed by atoms with Crippen molar-refractivity contribution >= 4 is 23.3 Å². The van der Waals surface area contributed by atoms with Gasteiger partial charge >= 0.3 is 6.03 Å². The molecule has 1 aromatic carbocycles. The Morgan fingerprint density at radius 3 is 2.93 bits per heavy atom. The first-order valence-corrected chi connectivity index (χ1v) is 9.16. The monoisotopic (exact) mass is 366 g/mol. The van der Waals surface area contributed by atoms with Crippen LogP contribution in [0, 0.1) is 0 Å². The predicted molar refractivity (Wildman–Crippen MR) is 101 cm³/mol. The molecule has 140 valence electrons. The number of anilines is 2. The molecular weight excluding hydrogens is 344 g/mol. The number of fused-ring (bicyclic) bond motifs is 1. The maximum atomic E-state index is 12.9. The first-order valence-electron chi connectivity index (χ1n) is 9.16. The van der Waals surface area contributed by atoms with Crippen molar-refractivity contribution in [2.75, 3.05) is 23.8 Å². The first-order chi connectivity index (χ1) is 13.2. The average Bonchev–Trinajstić information content (AvgIpc) is 3.30. The summed E-state index contributed by atoms with van der Waals surface area (Å²) >= 11 is 0. The molecule has 0 unspecified atom stereocenters. The number of ether oxygens (including phenoxy) is 1. The normalized spacial score (nSPS) is 18.1. The van der Waals surface area contributed by atoms with E-state index in [2.05, 4.69) is 15.6 Å². The smallest absolute Gasteiger partial charge is 0.322 e. The van der Waals surface area contributed by atoms with Gasteiger partial charge in [0.1, 0.15) is 0 Å². The molecule has 2 aliphatic rings. The van der Waals surface area contributed by atoms with E-state index in [4.69, 9.17) is 4.74 Å². The maximum Gasteiger partial charge on any atom is 0.322 e. The lowest BCUT2D eigenvalue weighted by molar-refractivity contribution is -0.115. The van der Waals surface area contributed by atoms with E-state index >= 15 is 0 Å². The topological polar surface area (TPSA) is 83.6 Å². The molecule has 0 bridgehead atoms. The fourth-order valence-corrected chi connectivity index (χ4v) is 3.47. The number of pyridine rings is 1. The van der Waals surface area contributed by atoms with Crippen LogP contribution in [0.25, 0.3) is 0 Å².